The Morgan fingerprint density at radius 3 is 2.64 bits per heavy atom. The van der Waals surface area contributed by atoms with E-state index in [1.54, 1.807) is 0 Å². The zero-order chi connectivity index (χ0) is 15.7. The van der Waals surface area contributed by atoms with Crippen LogP contribution in [0.25, 0.3) is 0 Å². The molecule has 4 rings (SSSR count). The Bertz CT molecular complexity index is 526. The molecular weight excluding hydrogens is 270 g/mol. The maximum atomic E-state index is 12.1. The average molecular weight is 301 g/mol. The highest BCUT2D eigenvalue weighted by Gasteiger charge is 2.59. The Morgan fingerprint density at radius 1 is 1.09 bits per heavy atom. The Labute approximate surface area is 135 Å². The highest BCUT2D eigenvalue weighted by atomic mass is 16.2. The molecule has 1 amide bonds. The second-order valence-electron chi connectivity index (χ2n) is 9.14. The Kier molecular flexibility index (Phi) is 3.10. The minimum Gasteiger partial charge on any atom is -0.338 e. The first-order chi connectivity index (χ1) is 10.4. The molecule has 3 saturated carbocycles. The van der Waals surface area contributed by atoms with Crippen molar-refractivity contribution in [2.24, 2.45) is 34.5 Å². The molecule has 0 aromatic rings. The van der Waals surface area contributed by atoms with Crippen molar-refractivity contribution in [2.75, 3.05) is 7.05 Å². The molecule has 6 unspecified atom stereocenters. The molecule has 3 aliphatic carbocycles. The molecule has 1 aliphatic heterocycles. The minimum absolute atomic E-state index is 0.205. The van der Waals surface area contributed by atoms with Crippen molar-refractivity contribution in [1.29, 1.82) is 0 Å². The third kappa shape index (κ3) is 1.70. The second-order valence-corrected chi connectivity index (χ2v) is 9.14. The molecule has 0 N–H and O–H groups in total. The summed E-state index contributed by atoms with van der Waals surface area (Å²) < 4.78 is 0. The van der Waals surface area contributed by atoms with Crippen LogP contribution in [-0.2, 0) is 4.79 Å². The predicted molar refractivity (Wildman–Crippen MR) is 89.2 cm³/mol. The van der Waals surface area contributed by atoms with Crippen LogP contribution in [0.3, 0.4) is 0 Å². The highest BCUT2D eigenvalue weighted by molar-refractivity contribution is 5.89. The lowest BCUT2D eigenvalue weighted by Gasteiger charge is -2.60. The zero-order valence-corrected chi connectivity index (χ0v) is 14.6. The average Bonchev–Trinajstić information content (AvgIpc) is 2.79. The van der Waals surface area contributed by atoms with Gasteiger partial charge in [-0.25, -0.2) is 0 Å². The quantitative estimate of drug-likeness (QED) is 0.654. The van der Waals surface area contributed by atoms with E-state index in [4.69, 9.17) is 0 Å². The Morgan fingerprint density at radius 2 is 1.86 bits per heavy atom. The van der Waals surface area contributed by atoms with Gasteiger partial charge in [0.1, 0.15) is 0 Å². The number of nitrogens with zero attached hydrogens (tertiary/aromatic N) is 1. The normalized spacial score (nSPS) is 53.9. The van der Waals surface area contributed by atoms with E-state index >= 15 is 0 Å². The first-order valence-corrected chi connectivity index (χ1v) is 9.34. The van der Waals surface area contributed by atoms with Crippen LogP contribution < -0.4 is 0 Å². The number of carbonyl (C=O) groups is 1. The third-order valence-electron chi connectivity index (χ3n) is 8.60. The maximum absolute atomic E-state index is 12.1. The summed E-state index contributed by atoms with van der Waals surface area (Å²) in [6.45, 7) is 7.50. The first-order valence-electron chi connectivity index (χ1n) is 9.34. The van der Waals surface area contributed by atoms with Gasteiger partial charge in [0, 0.05) is 18.5 Å². The molecule has 0 aromatic heterocycles. The van der Waals surface area contributed by atoms with Crippen molar-refractivity contribution in [3.05, 3.63) is 12.2 Å². The van der Waals surface area contributed by atoms with Gasteiger partial charge in [-0.3, -0.25) is 4.79 Å². The molecule has 0 radical (unpaired) electrons. The summed E-state index contributed by atoms with van der Waals surface area (Å²) in [6.07, 6.45) is 12.3. The van der Waals surface area contributed by atoms with E-state index in [-0.39, 0.29) is 11.3 Å². The fourth-order valence-corrected chi connectivity index (χ4v) is 7.00. The van der Waals surface area contributed by atoms with Crippen molar-refractivity contribution in [3.63, 3.8) is 0 Å². The third-order valence-corrected chi connectivity index (χ3v) is 8.60. The van der Waals surface area contributed by atoms with E-state index in [1.807, 2.05) is 18.0 Å². The van der Waals surface area contributed by atoms with E-state index in [1.165, 1.54) is 38.5 Å². The van der Waals surface area contributed by atoms with Crippen molar-refractivity contribution in [1.82, 2.24) is 4.90 Å². The molecular formula is C20H31NO. The summed E-state index contributed by atoms with van der Waals surface area (Å²) >= 11 is 0. The van der Waals surface area contributed by atoms with Crippen LogP contribution in [-0.4, -0.2) is 23.9 Å². The summed E-state index contributed by atoms with van der Waals surface area (Å²) in [5, 5.41) is 0. The largest absolute Gasteiger partial charge is 0.338 e. The van der Waals surface area contributed by atoms with Crippen molar-refractivity contribution in [3.8, 4) is 0 Å². The lowest BCUT2D eigenvalue weighted by Crippen LogP contribution is -2.59. The van der Waals surface area contributed by atoms with E-state index in [2.05, 4.69) is 26.8 Å². The van der Waals surface area contributed by atoms with E-state index in [0.29, 0.717) is 11.5 Å². The molecule has 122 valence electrons. The number of hydrogen-bond donors (Lipinski definition) is 0. The summed E-state index contributed by atoms with van der Waals surface area (Å²) in [6, 6.07) is 0.425. The van der Waals surface area contributed by atoms with Gasteiger partial charge in [-0.2, -0.15) is 0 Å². The van der Waals surface area contributed by atoms with Crippen LogP contribution in [0, 0.1) is 34.5 Å². The van der Waals surface area contributed by atoms with Gasteiger partial charge in [-0.15, -0.1) is 0 Å². The van der Waals surface area contributed by atoms with Gasteiger partial charge in [-0.05, 0) is 73.7 Å². The molecule has 0 saturated heterocycles. The second kappa shape index (κ2) is 4.61. The van der Waals surface area contributed by atoms with Crippen molar-refractivity contribution in [2.45, 2.75) is 65.3 Å². The topological polar surface area (TPSA) is 20.3 Å². The first kappa shape index (κ1) is 14.8. The van der Waals surface area contributed by atoms with E-state index in [9.17, 15) is 4.79 Å². The van der Waals surface area contributed by atoms with Gasteiger partial charge in [0.05, 0.1) is 0 Å². The van der Waals surface area contributed by atoms with Gasteiger partial charge in [-0.1, -0.05) is 26.8 Å². The number of rotatable bonds is 0. The smallest absolute Gasteiger partial charge is 0.246 e. The number of likely N-dealkylation sites (N-methyl/N-ethyl adjacent to an activating group) is 1. The Balaban J connectivity index is 1.70. The molecule has 0 aromatic carbocycles. The minimum atomic E-state index is 0.205. The zero-order valence-electron chi connectivity index (χ0n) is 14.6. The van der Waals surface area contributed by atoms with Crippen LogP contribution in [0.5, 0.6) is 0 Å². The van der Waals surface area contributed by atoms with Gasteiger partial charge in [0.2, 0.25) is 5.91 Å². The van der Waals surface area contributed by atoms with Gasteiger partial charge >= 0.3 is 0 Å². The summed E-state index contributed by atoms with van der Waals surface area (Å²) in [4.78, 5) is 14.1. The molecule has 2 nitrogen and oxygen atoms in total. The molecule has 0 spiro atoms. The van der Waals surface area contributed by atoms with Crippen LogP contribution in [0.4, 0.5) is 0 Å². The fourth-order valence-electron chi connectivity index (χ4n) is 7.00. The molecule has 0 bridgehead atoms. The van der Waals surface area contributed by atoms with Crippen LogP contribution in [0.15, 0.2) is 12.2 Å². The molecule has 1 heterocycles. The highest BCUT2D eigenvalue weighted by Crippen LogP contribution is 2.65. The van der Waals surface area contributed by atoms with E-state index < -0.39 is 0 Å². The fraction of sp³-hybridized carbons (Fsp3) is 0.850. The number of fused-ring (bicyclic) bond motifs is 5. The summed E-state index contributed by atoms with van der Waals surface area (Å²) in [7, 11) is 2.01. The number of amides is 1. The van der Waals surface area contributed by atoms with Gasteiger partial charge in [0.15, 0.2) is 0 Å². The molecule has 22 heavy (non-hydrogen) atoms. The van der Waals surface area contributed by atoms with Crippen LogP contribution >= 0.6 is 0 Å². The lowest BCUT2D eigenvalue weighted by atomic mass is 9.48. The standard InChI is InChI=1S/C20H31NO/c1-13-5-7-15-14-6-8-17-20(3,12-10-18(22)21(17)4)16(14)9-11-19(13,15)2/h10,12-17H,5-9,11H2,1-4H3/t13?,14?,15?,16?,17-,19?,20?/m1/s1. The number of hydrogen-bond acceptors (Lipinski definition) is 1. The van der Waals surface area contributed by atoms with Crippen LogP contribution in [0.1, 0.15) is 59.3 Å². The molecule has 2 heteroatoms. The Hall–Kier alpha value is -0.790. The lowest BCUT2D eigenvalue weighted by molar-refractivity contribution is -0.138. The maximum Gasteiger partial charge on any atom is 0.246 e. The van der Waals surface area contributed by atoms with Gasteiger partial charge in [0.25, 0.3) is 0 Å². The molecule has 4 aliphatic rings. The monoisotopic (exact) mass is 301 g/mol. The number of carbonyl (C=O) groups excluding carboxylic acids is 1. The molecule has 3 fully saturated rings. The summed E-state index contributed by atoms with van der Waals surface area (Å²) in [5.41, 5.74) is 0.795. The van der Waals surface area contributed by atoms with Gasteiger partial charge < -0.3 is 4.90 Å². The predicted octanol–water partition coefficient (Wildman–Crippen LogP) is 4.26. The summed E-state index contributed by atoms with van der Waals surface area (Å²) in [5.74, 6) is 3.69. The van der Waals surface area contributed by atoms with E-state index in [0.717, 1.165) is 23.7 Å². The van der Waals surface area contributed by atoms with Crippen molar-refractivity contribution < 1.29 is 4.79 Å². The SMILES string of the molecule is CC1CCC2C3CC[C@H]4N(C)C(=O)C=CC4(C)C3CCC12C. The molecule has 7 atom stereocenters. The van der Waals surface area contributed by atoms with Crippen molar-refractivity contribution >= 4 is 5.91 Å². The van der Waals surface area contributed by atoms with Crippen LogP contribution in [0.2, 0.25) is 0 Å².